The topological polar surface area (TPSA) is 35.5 Å². The summed E-state index contributed by atoms with van der Waals surface area (Å²) in [6.07, 6.45) is 0.807. The lowest BCUT2D eigenvalue weighted by Crippen LogP contribution is -2.09. The Morgan fingerprint density at radius 1 is 1.14 bits per heavy atom. The Hall–Kier alpha value is -1.78. The highest BCUT2D eigenvalue weighted by atomic mass is 35.5. The van der Waals surface area contributed by atoms with E-state index in [0.29, 0.717) is 12.4 Å². The molecule has 0 unspecified atom stereocenters. The quantitative estimate of drug-likeness (QED) is 0.557. The summed E-state index contributed by atoms with van der Waals surface area (Å²) < 4.78 is 23.4. The van der Waals surface area contributed by atoms with Gasteiger partial charge in [0.05, 0.1) is 22.2 Å². The maximum Gasteiger partial charge on any atom is 0.343 e. The minimum Gasteiger partial charge on any atom is -0.490 e. The Morgan fingerprint density at radius 2 is 1.73 bits per heavy atom. The van der Waals surface area contributed by atoms with E-state index in [4.69, 9.17) is 32.7 Å². The zero-order valence-electron chi connectivity index (χ0n) is 11.7. The van der Waals surface area contributed by atoms with Gasteiger partial charge in [0.1, 0.15) is 11.6 Å². The SMILES string of the molecule is CCCOc1c(Cl)cc(C(=O)Oc2ccc(F)cc2)cc1Cl. The summed E-state index contributed by atoms with van der Waals surface area (Å²) in [6, 6.07) is 7.95. The van der Waals surface area contributed by atoms with E-state index in [-0.39, 0.29) is 21.4 Å². The molecular formula is C16H13Cl2FO3. The number of hydrogen-bond acceptors (Lipinski definition) is 3. The van der Waals surface area contributed by atoms with E-state index in [1.54, 1.807) is 0 Å². The molecule has 3 nitrogen and oxygen atoms in total. The van der Waals surface area contributed by atoms with Gasteiger partial charge in [0, 0.05) is 0 Å². The van der Waals surface area contributed by atoms with Crippen molar-refractivity contribution in [2.24, 2.45) is 0 Å². The van der Waals surface area contributed by atoms with Crippen molar-refractivity contribution in [1.29, 1.82) is 0 Å². The third-order valence-electron chi connectivity index (χ3n) is 2.71. The molecule has 0 heterocycles. The molecule has 0 spiro atoms. The highest BCUT2D eigenvalue weighted by Gasteiger charge is 2.15. The van der Waals surface area contributed by atoms with Gasteiger partial charge in [0.15, 0.2) is 5.75 Å². The van der Waals surface area contributed by atoms with Crippen LogP contribution in [0.3, 0.4) is 0 Å². The average molecular weight is 343 g/mol. The van der Waals surface area contributed by atoms with Gasteiger partial charge in [-0.15, -0.1) is 0 Å². The first-order chi connectivity index (χ1) is 10.5. The lowest BCUT2D eigenvalue weighted by Gasteiger charge is -2.11. The number of halogens is 3. The van der Waals surface area contributed by atoms with Crippen LogP contribution in [0.5, 0.6) is 11.5 Å². The maximum atomic E-state index is 12.8. The van der Waals surface area contributed by atoms with Gasteiger partial charge in [-0.3, -0.25) is 0 Å². The predicted octanol–water partition coefficient (Wildman–Crippen LogP) is 5.14. The second-order valence-corrected chi connectivity index (χ2v) is 5.28. The lowest BCUT2D eigenvalue weighted by molar-refractivity contribution is 0.0734. The van der Waals surface area contributed by atoms with Crippen LogP contribution < -0.4 is 9.47 Å². The van der Waals surface area contributed by atoms with Crippen LogP contribution in [0.15, 0.2) is 36.4 Å². The first-order valence-electron chi connectivity index (χ1n) is 6.61. The van der Waals surface area contributed by atoms with Crippen molar-refractivity contribution < 1.29 is 18.7 Å². The van der Waals surface area contributed by atoms with Crippen LogP contribution in [-0.4, -0.2) is 12.6 Å². The van der Waals surface area contributed by atoms with Gasteiger partial charge < -0.3 is 9.47 Å². The summed E-state index contributed by atoms with van der Waals surface area (Å²) in [4.78, 5) is 12.1. The highest BCUT2D eigenvalue weighted by molar-refractivity contribution is 6.37. The van der Waals surface area contributed by atoms with Gasteiger partial charge in [-0.05, 0) is 42.8 Å². The fraction of sp³-hybridized carbons (Fsp3) is 0.188. The Balaban J connectivity index is 2.18. The molecule has 2 aromatic carbocycles. The second-order valence-electron chi connectivity index (χ2n) is 4.46. The van der Waals surface area contributed by atoms with Crippen molar-refractivity contribution in [1.82, 2.24) is 0 Å². The fourth-order valence-electron chi connectivity index (χ4n) is 1.69. The molecule has 0 N–H and O–H groups in total. The molecule has 0 amide bonds. The van der Waals surface area contributed by atoms with Crippen LogP contribution in [0.1, 0.15) is 23.7 Å². The molecule has 0 aliphatic carbocycles. The van der Waals surface area contributed by atoms with Crippen LogP contribution in [0.2, 0.25) is 10.0 Å². The summed E-state index contributed by atoms with van der Waals surface area (Å²) in [5, 5.41) is 0.457. The molecule has 6 heteroatoms. The van der Waals surface area contributed by atoms with E-state index in [2.05, 4.69) is 0 Å². The molecule has 0 radical (unpaired) electrons. The van der Waals surface area contributed by atoms with Crippen molar-refractivity contribution in [2.45, 2.75) is 13.3 Å². The number of hydrogen-bond donors (Lipinski definition) is 0. The van der Waals surface area contributed by atoms with Crippen molar-refractivity contribution >= 4 is 29.2 Å². The molecule has 0 saturated carbocycles. The summed E-state index contributed by atoms with van der Waals surface area (Å²) in [5.74, 6) is -0.491. The summed E-state index contributed by atoms with van der Waals surface area (Å²) in [6.45, 7) is 2.43. The van der Waals surface area contributed by atoms with Gasteiger partial charge in [-0.1, -0.05) is 30.1 Å². The Labute approximate surface area is 137 Å². The molecule has 116 valence electrons. The first kappa shape index (κ1) is 16.6. The van der Waals surface area contributed by atoms with Gasteiger partial charge >= 0.3 is 5.97 Å². The summed E-state index contributed by atoms with van der Waals surface area (Å²) in [5.41, 5.74) is 0.183. The van der Waals surface area contributed by atoms with E-state index < -0.39 is 11.8 Å². The van der Waals surface area contributed by atoms with E-state index in [9.17, 15) is 9.18 Å². The summed E-state index contributed by atoms with van der Waals surface area (Å²) >= 11 is 12.1. The minimum atomic E-state index is -0.641. The van der Waals surface area contributed by atoms with Crippen molar-refractivity contribution in [3.8, 4) is 11.5 Å². The molecule has 0 saturated heterocycles. The number of esters is 1. The largest absolute Gasteiger partial charge is 0.490 e. The second kappa shape index (κ2) is 7.47. The van der Waals surface area contributed by atoms with E-state index in [1.165, 1.54) is 36.4 Å². The predicted molar refractivity (Wildman–Crippen MR) is 83.6 cm³/mol. The number of carbonyl (C=O) groups excluding carboxylic acids is 1. The Morgan fingerprint density at radius 3 is 2.27 bits per heavy atom. The lowest BCUT2D eigenvalue weighted by atomic mass is 10.2. The first-order valence-corrected chi connectivity index (χ1v) is 7.36. The normalized spacial score (nSPS) is 10.4. The molecule has 0 bridgehead atoms. The molecule has 0 fully saturated rings. The molecule has 0 aromatic heterocycles. The number of carbonyl (C=O) groups is 1. The molecule has 0 aliphatic heterocycles. The molecule has 0 atom stereocenters. The van der Waals surface area contributed by atoms with Crippen LogP contribution in [0, 0.1) is 5.82 Å². The van der Waals surface area contributed by atoms with Gasteiger partial charge in [0.2, 0.25) is 0 Å². The Bertz CT molecular complexity index is 649. The van der Waals surface area contributed by atoms with Gasteiger partial charge in [0.25, 0.3) is 0 Å². The molecule has 2 aromatic rings. The standard InChI is InChI=1S/C16H13Cl2FO3/c1-2-7-21-15-13(17)8-10(9-14(15)18)16(20)22-12-5-3-11(19)4-6-12/h3-6,8-9H,2,7H2,1H3. The zero-order valence-corrected chi connectivity index (χ0v) is 13.2. The summed E-state index contributed by atoms with van der Waals surface area (Å²) in [7, 11) is 0. The van der Waals surface area contributed by atoms with Gasteiger partial charge in [-0.2, -0.15) is 0 Å². The highest BCUT2D eigenvalue weighted by Crippen LogP contribution is 2.34. The smallest absolute Gasteiger partial charge is 0.343 e. The van der Waals surface area contributed by atoms with Crippen molar-refractivity contribution in [3.63, 3.8) is 0 Å². The molecule has 0 aliphatic rings. The monoisotopic (exact) mass is 342 g/mol. The Kier molecular flexibility index (Phi) is 5.63. The third kappa shape index (κ3) is 4.12. The molecule has 22 heavy (non-hydrogen) atoms. The number of benzene rings is 2. The third-order valence-corrected chi connectivity index (χ3v) is 3.27. The van der Waals surface area contributed by atoms with Gasteiger partial charge in [-0.25, -0.2) is 9.18 Å². The van der Waals surface area contributed by atoms with Crippen LogP contribution in [0.4, 0.5) is 4.39 Å². The zero-order chi connectivity index (χ0) is 16.1. The van der Waals surface area contributed by atoms with E-state index in [0.717, 1.165) is 6.42 Å². The molecule has 2 rings (SSSR count). The van der Waals surface area contributed by atoms with Crippen molar-refractivity contribution in [2.75, 3.05) is 6.61 Å². The van der Waals surface area contributed by atoms with Crippen LogP contribution in [0.25, 0.3) is 0 Å². The minimum absolute atomic E-state index is 0.183. The van der Waals surface area contributed by atoms with E-state index >= 15 is 0 Å². The maximum absolute atomic E-state index is 12.8. The van der Waals surface area contributed by atoms with Crippen LogP contribution >= 0.6 is 23.2 Å². The number of rotatable bonds is 5. The van der Waals surface area contributed by atoms with E-state index in [1.807, 2.05) is 6.92 Å². The van der Waals surface area contributed by atoms with Crippen LogP contribution in [-0.2, 0) is 0 Å². The average Bonchev–Trinajstić information content (AvgIpc) is 2.48. The molecular weight excluding hydrogens is 330 g/mol. The fourth-order valence-corrected chi connectivity index (χ4v) is 2.28. The van der Waals surface area contributed by atoms with Crippen molar-refractivity contribution in [3.05, 3.63) is 57.8 Å². The number of ether oxygens (including phenoxy) is 2.